The average Bonchev–Trinajstić information content (AvgIpc) is 2.92. The number of rotatable bonds is 4. The van der Waals surface area contributed by atoms with Crippen LogP contribution in [0.5, 0.6) is 5.75 Å². The zero-order valence-corrected chi connectivity index (χ0v) is 11.7. The number of hydrogen-bond acceptors (Lipinski definition) is 4. The Bertz CT molecular complexity index is 450. The van der Waals surface area contributed by atoms with Crippen molar-refractivity contribution in [3.63, 3.8) is 0 Å². The van der Waals surface area contributed by atoms with Crippen LogP contribution < -0.4 is 4.74 Å². The molecule has 0 aliphatic carbocycles. The fourth-order valence-electron chi connectivity index (χ4n) is 2.21. The molecule has 1 aromatic carbocycles. The Morgan fingerprint density at radius 1 is 1.56 bits per heavy atom. The molecule has 0 N–H and O–H groups in total. The topological polar surface area (TPSA) is 36.3 Å². The van der Waals surface area contributed by atoms with Crippen molar-refractivity contribution in [3.8, 4) is 11.8 Å². The zero-order chi connectivity index (χ0) is 13.0. The van der Waals surface area contributed by atoms with Crippen molar-refractivity contribution in [1.82, 2.24) is 4.90 Å². The molecule has 18 heavy (non-hydrogen) atoms. The molecule has 2 rings (SSSR count). The Morgan fingerprint density at radius 2 is 2.39 bits per heavy atom. The van der Waals surface area contributed by atoms with Gasteiger partial charge in [0.25, 0.3) is 0 Å². The summed E-state index contributed by atoms with van der Waals surface area (Å²) in [5, 5.41) is 8.95. The number of methoxy groups -OCH3 is 1. The molecule has 1 atom stereocenters. The van der Waals surface area contributed by atoms with E-state index in [0.29, 0.717) is 17.4 Å². The molecule has 1 fully saturated rings. The van der Waals surface area contributed by atoms with Crippen LogP contribution in [0.4, 0.5) is 0 Å². The second-order valence-electron chi connectivity index (χ2n) is 4.58. The molecule has 3 nitrogen and oxygen atoms in total. The Kier molecular flexibility index (Phi) is 4.51. The van der Waals surface area contributed by atoms with Gasteiger partial charge in [-0.3, -0.25) is 4.90 Å². The monoisotopic (exact) mass is 262 g/mol. The SMILES string of the molecule is COc1cc(CN(C)C2CCSC2)ccc1C#N. The summed E-state index contributed by atoms with van der Waals surface area (Å²) in [7, 11) is 3.78. The van der Waals surface area contributed by atoms with Gasteiger partial charge in [0.15, 0.2) is 0 Å². The highest BCUT2D eigenvalue weighted by molar-refractivity contribution is 7.99. The third kappa shape index (κ3) is 2.98. The minimum absolute atomic E-state index is 0.598. The van der Waals surface area contributed by atoms with Gasteiger partial charge in [-0.05, 0) is 36.9 Å². The predicted octanol–water partition coefficient (Wildman–Crippen LogP) is 2.50. The van der Waals surface area contributed by atoms with Crippen LogP contribution >= 0.6 is 11.8 Å². The molecule has 1 saturated heterocycles. The van der Waals surface area contributed by atoms with E-state index >= 15 is 0 Å². The molecule has 4 heteroatoms. The molecule has 1 aromatic rings. The molecule has 0 saturated carbocycles. The van der Waals surface area contributed by atoms with Gasteiger partial charge in [0, 0.05) is 18.3 Å². The van der Waals surface area contributed by atoms with Crippen LogP contribution in [0.3, 0.4) is 0 Å². The van der Waals surface area contributed by atoms with Gasteiger partial charge in [0.2, 0.25) is 0 Å². The summed E-state index contributed by atoms with van der Waals surface area (Å²) in [5.41, 5.74) is 1.80. The summed E-state index contributed by atoms with van der Waals surface area (Å²) in [5.74, 6) is 3.17. The van der Waals surface area contributed by atoms with E-state index in [1.165, 1.54) is 23.5 Å². The van der Waals surface area contributed by atoms with Crippen molar-refractivity contribution < 1.29 is 4.74 Å². The molecular weight excluding hydrogens is 244 g/mol. The number of nitrogens with zero attached hydrogens (tertiary/aromatic N) is 2. The van der Waals surface area contributed by atoms with E-state index in [1.807, 2.05) is 30.0 Å². The minimum Gasteiger partial charge on any atom is -0.495 e. The number of ether oxygens (including phenoxy) is 1. The van der Waals surface area contributed by atoms with Crippen molar-refractivity contribution in [3.05, 3.63) is 29.3 Å². The summed E-state index contributed by atoms with van der Waals surface area (Å²) in [6.45, 7) is 0.910. The highest BCUT2D eigenvalue weighted by Crippen LogP contribution is 2.24. The molecule has 1 unspecified atom stereocenters. The van der Waals surface area contributed by atoms with Crippen LogP contribution in [0.25, 0.3) is 0 Å². The number of thioether (sulfide) groups is 1. The van der Waals surface area contributed by atoms with E-state index in [-0.39, 0.29) is 0 Å². The largest absolute Gasteiger partial charge is 0.495 e. The molecule has 1 aliphatic heterocycles. The fourth-order valence-corrected chi connectivity index (χ4v) is 3.51. The van der Waals surface area contributed by atoms with Gasteiger partial charge in [-0.2, -0.15) is 17.0 Å². The van der Waals surface area contributed by atoms with Crippen LogP contribution in [-0.4, -0.2) is 36.6 Å². The molecule has 0 bridgehead atoms. The molecule has 0 spiro atoms. The highest BCUT2D eigenvalue weighted by Gasteiger charge is 2.20. The molecule has 96 valence electrons. The van der Waals surface area contributed by atoms with Crippen molar-refractivity contribution in [2.45, 2.75) is 19.0 Å². The number of benzene rings is 1. The van der Waals surface area contributed by atoms with E-state index in [0.717, 1.165) is 6.54 Å². The molecule has 0 radical (unpaired) electrons. The number of nitriles is 1. The quantitative estimate of drug-likeness (QED) is 0.835. The van der Waals surface area contributed by atoms with E-state index in [4.69, 9.17) is 10.00 Å². The third-order valence-electron chi connectivity index (χ3n) is 3.35. The normalized spacial score (nSPS) is 18.9. The van der Waals surface area contributed by atoms with Crippen molar-refractivity contribution in [2.24, 2.45) is 0 Å². The lowest BCUT2D eigenvalue weighted by Gasteiger charge is -2.23. The summed E-state index contributed by atoms with van der Waals surface area (Å²) in [6, 6.07) is 8.64. The fraction of sp³-hybridized carbons (Fsp3) is 0.500. The third-order valence-corrected chi connectivity index (χ3v) is 4.49. The standard InChI is InChI=1S/C14H18N2OS/c1-16(13-5-6-18-10-13)9-11-3-4-12(8-15)14(7-11)17-2/h3-4,7,13H,5-6,9-10H2,1-2H3. The second-order valence-corrected chi connectivity index (χ2v) is 5.73. The lowest BCUT2D eigenvalue weighted by Crippen LogP contribution is -2.30. The van der Waals surface area contributed by atoms with Gasteiger partial charge in [0.1, 0.15) is 11.8 Å². The zero-order valence-electron chi connectivity index (χ0n) is 10.8. The van der Waals surface area contributed by atoms with E-state index in [1.54, 1.807) is 7.11 Å². The maximum atomic E-state index is 8.95. The van der Waals surface area contributed by atoms with Crippen molar-refractivity contribution >= 4 is 11.8 Å². The Morgan fingerprint density at radius 3 is 3.00 bits per heavy atom. The van der Waals surface area contributed by atoms with Gasteiger partial charge in [0.05, 0.1) is 12.7 Å². The first-order valence-electron chi connectivity index (χ1n) is 6.09. The summed E-state index contributed by atoms with van der Waals surface area (Å²) < 4.78 is 5.24. The van der Waals surface area contributed by atoms with Crippen LogP contribution in [0.1, 0.15) is 17.5 Å². The number of hydrogen-bond donors (Lipinski definition) is 0. The molecule has 0 amide bonds. The van der Waals surface area contributed by atoms with Crippen LogP contribution in [0.15, 0.2) is 18.2 Å². The maximum Gasteiger partial charge on any atom is 0.136 e. The molecule has 0 aromatic heterocycles. The molecular formula is C14H18N2OS. The van der Waals surface area contributed by atoms with Crippen LogP contribution in [0, 0.1) is 11.3 Å². The summed E-state index contributed by atoms with van der Waals surface area (Å²) in [6.07, 6.45) is 1.27. The first-order valence-corrected chi connectivity index (χ1v) is 7.25. The van der Waals surface area contributed by atoms with Gasteiger partial charge in [-0.25, -0.2) is 0 Å². The highest BCUT2D eigenvalue weighted by atomic mass is 32.2. The predicted molar refractivity (Wildman–Crippen MR) is 74.9 cm³/mol. The maximum absolute atomic E-state index is 8.95. The average molecular weight is 262 g/mol. The van der Waals surface area contributed by atoms with Gasteiger partial charge >= 0.3 is 0 Å². The Balaban J connectivity index is 2.07. The van der Waals surface area contributed by atoms with Gasteiger partial charge < -0.3 is 4.74 Å². The summed E-state index contributed by atoms with van der Waals surface area (Å²) >= 11 is 2.03. The lowest BCUT2D eigenvalue weighted by molar-refractivity contribution is 0.254. The molecule has 1 aliphatic rings. The first kappa shape index (κ1) is 13.3. The van der Waals surface area contributed by atoms with Crippen molar-refractivity contribution in [1.29, 1.82) is 5.26 Å². The van der Waals surface area contributed by atoms with Gasteiger partial charge in [-0.1, -0.05) is 6.07 Å². The van der Waals surface area contributed by atoms with E-state index in [2.05, 4.69) is 18.0 Å². The summed E-state index contributed by atoms with van der Waals surface area (Å²) in [4.78, 5) is 2.39. The lowest BCUT2D eigenvalue weighted by atomic mass is 10.1. The molecule has 1 heterocycles. The van der Waals surface area contributed by atoms with Crippen LogP contribution in [0.2, 0.25) is 0 Å². The Labute approximate surface area is 113 Å². The van der Waals surface area contributed by atoms with E-state index < -0.39 is 0 Å². The minimum atomic E-state index is 0.598. The van der Waals surface area contributed by atoms with Gasteiger partial charge in [-0.15, -0.1) is 0 Å². The first-order chi connectivity index (χ1) is 8.74. The Hall–Kier alpha value is -1.18. The van der Waals surface area contributed by atoms with E-state index in [9.17, 15) is 0 Å². The second kappa shape index (κ2) is 6.12. The van der Waals surface area contributed by atoms with Crippen LogP contribution in [-0.2, 0) is 6.54 Å². The smallest absolute Gasteiger partial charge is 0.136 e. The van der Waals surface area contributed by atoms with Crippen molar-refractivity contribution in [2.75, 3.05) is 25.7 Å².